The fourth-order valence-corrected chi connectivity index (χ4v) is 2.17. The number of carbonyl (C=O) groups is 2. The first kappa shape index (κ1) is 14.7. The molecule has 1 aromatic rings. The Morgan fingerprint density at radius 3 is 2.95 bits per heavy atom. The maximum absolute atomic E-state index is 11.8. The molecule has 1 heterocycles. The van der Waals surface area contributed by atoms with Gasteiger partial charge in [-0.05, 0) is 31.9 Å². The van der Waals surface area contributed by atoms with Crippen LogP contribution in [0.15, 0.2) is 24.3 Å². The Labute approximate surface area is 118 Å². The number of ether oxygens (including phenoxy) is 1. The van der Waals surface area contributed by atoms with Crippen LogP contribution in [0.3, 0.4) is 0 Å². The molecule has 1 amide bonds. The number of rotatable bonds is 6. The third-order valence-corrected chi connectivity index (χ3v) is 3.23. The first-order valence-electron chi connectivity index (χ1n) is 6.88. The van der Waals surface area contributed by atoms with Crippen molar-refractivity contribution in [3.8, 4) is 0 Å². The predicted molar refractivity (Wildman–Crippen MR) is 76.9 cm³/mol. The largest absolute Gasteiger partial charge is 0.377 e. The standard InChI is InChI=1S/C15H20N2O3/c1-11(18)12-4-2-5-13(8-12)17-15(19)10-16-9-14-6-3-7-20-14/h2,4-5,8,14,16H,3,6-7,9-10H2,1H3,(H,17,19). The van der Waals surface area contributed by atoms with Gasteiger partial charge in [-0.2, -0.15) is 0 Å². The third-order valence-electron chi connectivity index (χ3n) is 3.23. The molecule has 0 aromatic heterocycles. The van der Waals surface area contributed by atoms with Crippen molar-refractivity contribution in [3.05, 3.63) is 29.8 Å². The van der Waals surface area contributed by atoms with Crippen LogP contribution in [-0.2, 0) is 9.53 Å². The molecule has 108 valence electrons. The van der Waals surface area contributed by atoms with Crippen LogP contribution < -0.4 is 10.6 Å². The zero-order valence-electron chi connectivity index (χ0n) is 11.6. The normalized spacial score (nSPS) is 17.9. The summed E-state index contributed by atoms with van der Waals surface area (Å²) in [5.74, 6) is -0.138. The lowest BCUT2D eigenvalue weighted by Crippen LogP contribution is -2.33. The molecule has 20 heavy (non-hydrogen) atoms. The molecular formula is C15H20N2O3. The number of Topliss-reactive ketones (excluding diaryl/α,β-unsaturated/α-hetero) is 1. The van der Waals surface area contributed by atoms with Crippen LogP contribution in [0.25, 0.3) is 0 Å². The topological polar surface area (TPSA) is 67.4 Å². The van der Waals surface area contributed by atoms with E-state index in [9.17, 15) is 9.59 Å². The summed E-state index contributed by atoms with van der Waals surface area (Å²) in [7, 11) is 0. The van der Waals surface area contributed by atoms with Crippen LogP contribution in [0.1, 0.15) is 30.1 Å². The fraction of sp³-hybridized carbons (Fsp3) is 0.467. The van der Waals surface area contributed by atoms with Gasteiger partial charge in [-0.3, -0.25) is 9.59 Å². The Balaban J connectivity index is 1.76. The number of hydrogen-bond acceptors (Lipinski definition) is 4. The van der Waals surface area contributed by atoms with Gasteiger partial charge in [0.15, 0.2) is 5.78 Å². The van der Waals surface area contributed by atoms with Crippen molar-refractivity contribution in [3.63, 3.8) is 0 Å². The van der Waals surface area contributed by atoms with Crippen LogP contribution in [0, 0.1) is 0 Å². The molecule has 1 fully saturated rings. The summed E-state index contributed by atoms with van der Waals surface area (Å²) in [6, 6.07) is 6.94. The first-order chi connectivity index (χ1) is 9.65. The minimum absolute atomic E-state index is 0.0161. The summed E-state index contributed by atoms with van der Waals surface area (Å²) < 4.78 is 5.46. The van der Waals surface area contributed by atoms with Gasteiger partial charge in [0.2, 0.25) is 5.91 Å². The molecule has 2 N–H and O–H groups in total. The van der Waals surface area contributed by atoms with Gasteiger partial charge in [0.25, 0.3) is 0 Å². The van der Waals surface area contributed by atoms with Crippen molar-refractivity contribution < 1.29 is 14.3 Å². The second-order valence-corrected chi connectivity index (χ2v) is 4.95. The predicted octanol–water partition coefficient (Wildman–Crippen LogP) is 1.60. The van der Waals surface area contributed by atoms with Crippen molar-refractivity contribution >= 4 is 17.4 Å². The quantitative estimate of drug-likeness (QED) is 0.774. The highest BCUT2D eigenvalue weighted by Crippen LogP contribution is 2.11. The molecule has 5 heteroatoms. The zero-order valence-corrected chi connectivity index (χ0v) is 11.6. The Kier molecular flexibility index (Phi) is 5.26. The van der Waals surface area contributed by atoms with E-state index in [0.717, 1.165) is 19.4 Å². The summed E-state index contributed by atoms with van der Waals surface area (Å²) in [6.07, 6.45) is 2.37. The number of hydrogen-bond donors (Lipinski definition) is 2. The van der Waals surface area contributed by atoms with Gasteiger partial charge in [-0.1, -0.05) is 12.1 Å². The average molecular weight is 276 g/mol. The van der Waals surface area contributed by atoms with Gasteiger partial charge in [-0.15, -0.1) is 0 Å². The van der Waals surface area contributed by atoms with Crippen LogP contribution in [0.2, 0.25) is 0 Å². The van der Waals surface area contributed by atoms with E-state index in [1.165, 1.54) is 6.92 Å². The maximum atomic E-state index is 11.8. The fourth-order valence-electron chi connectivity index (χ4n) is 2.17. The van der Waals surface area contributed by atoms with Crippen LogP contribution in [-0.4, -0.2) is 37.5 Å². The van der Waals surface area contributed by atoms with Crippen molar-refractivity contribution in [2.45, 2.75) is 25.9 Å². The Morgan fingerprint density at radius 2 is 2.25 bits per heavy atom. The molecular weight excluding hydrogens is 256 g/mol. The molecule has 0 spiro atoms. The van der Waals surface area contributed by atoms with E-state index < -0.39 is 0 Å². The molecule has 1 aliphatic rings. The van der Waals surface area contributed by atoms with Crippen molar-refractivity contribution in [2.24, 2.45) is 0 Å². The number of amides is 1. The van der Waals surface area contributed by atoms with E-state index in [2.05, 4.69) is 10.6 Å². The average Bonchev–Trinajstić information content (AvgIpc) is 2.92. The van der Waals surface area contributed by atoms with Crippen molar-refractivity contribution in [1.29, 1.82) is 0 Å². The van der Waals surface area contributed by atoms with Gasteiger partial charge >= 0.3 is 0 Å². The molecule has 1 aliphatic heterocycles. The third kappa shape index (κ3) is 4.43. The summed E-state index contributed by atoms with van der Waals surface area (Å²) in [4.78, 5) is 23.0. The Hall–Kier alpha value is -1.72. The van der Waals surface area contributed by atoms with Crippen LogP contribution in [0.5, 0.6) is 0 Å². The molecule has 0 radical (unpaired) electrons. The van der Waals surface area contributed by atoms with E-state index in [-0.39, 0.29) is 24.3 Å². The number of anilines is 1. The highest BCUT2D eigenvalue weighted by molar-refractivity contribution is 5.97. The van der Waals surface area contributed by atoms with Gasteiger partial charge < -0.3 is 15.4 Å². The van der Waals surface area contributed by atoms with Crippen molar-refractivity contribution in [2.75, 3.05) is 25.0 Å². The zero-order chi connectivity index (χ0) is 14.4. The van der Waals surface area contributed by atoms with Crippen LogP contribution in [0.4, 0.5) is 5.69 Å². The second-order valence-electron chi connectivity index (χ2n) is 4.95. The number of benzene rings is 1. The van der Waals surface area contributed by atoms with E-state index in [1.807, 2.05) is 0 Å². The number of nitrogens with one attached hydrogen (secondary N) is 2. The maximum Gasteiger partial charge on any atom is 0.238 e. The lowest BCUT2D eigenvalue weighted by molar-refractivity contribution is -0.115. The summed E-state index contributed by atoms with van der Waals surface area (Å²) in [5, 5.41) is 5.85. The van der Waals surface area contributed by atoms with Gasteiger partial charge in [0, 0.05) is 24.4 Å². The molecule has 1 aromatic carbocycles. The molecule has 1 unspecified atom stereocenters. The highest BCUT2D eigenvalue weighted by Gasteiger charge is 2.15. The SMILES string of the molecule is CC(=O)c1cccc(NC(=O)CNCC2CCCO2)c1. The van der Waals surface area contributed by atoms with E-state index in [4.69, 9.17) is 4.74 Å². The molecule has 2 rings (SSSR count). The lowest BCUT2D eigenvalue weighted by Gasteiger charge is -2.11. The van der Waals surface area contributed by atoms with Crippen molar-refractivity contribution in [1.82, 2.24) is 5.32 Å². The minimum Gasteiger partial charge on any atom is -0.377 e. The van der Waals surface area contributed by atoms with Gasteiger partial charge in [0.05, 0.1) is 12.6 Å². The number of ketones is 1. The molecule has 0 bridgehead atoms. The molecule has 5 nitrogen and oxygen atoms in total. The van der Waals surface area contributed by atoms with Gasteiger partial charge in [0.1, 0.15) is 0 Å². The Morgan fingerprint density at radius 1 is 1.40 bits per heavy atom. The monoisotopic (exact) mass is 276 g/mol. The lowest BCUT2D eigenvalue weighted by atomic mass is 10.1. The van der Waals surface area contributed by atoms with E-state index >= 15 is 0 Å². The smallest absolute Gasteiger partial charge is 0.238 e. The van der Waals surface area contributed by atoms with Gasteiger partial charge in [-0.25, -0.2) is 0 Å². The first-order valence-corrected chi connectivity index (χ1v) is 6.88. The second kappa shape index (κ2) is 7.17. The molecule has 0 aliphatic carbocycles. The van der Waals surface area contributed by atoms with E-state index in [1.54, 1.807) is 24.3 Å². The summed E-state index contributed by atoms with van der Waals surface area (Å²) in [5.41, 5.74) is 1.23. The molecule has 0 saturated carbocycles. The van der Waals surface area contributed by atoms with E-state index in [0.29, 0.717) is 17.8 Å². The summed E-state index contributed by atoms with van der Waals surface area (Å²) >= 11 is 0. The summed E-state index contributed by atoms with van der Waals surface area (Å²) in [6.45, 7) is 3.26. The van der Waals surface area contributed by atoms with Crippen LogP contribution >= 0.6 is 0 Å². The molecule has 1 saturated heterocycles. The molecule has 1 atom stereocenters. The number of carbonyl (C=O) groups excluding carboxylic acids is 2. The highest BCUT2D eigenvalue weighted by atomic mass is 16.5. The minimum atomic E-state index is -0.122. The Bertz CT molecular complexity index is 482.